The van der Waals surface area contributed by atoms with Crippen molar-refractivity contribution >= 4 is 5.91 Å². The summed E-state index contributed by atoms with van der Waals surface area (Å²) in [6.07, 6.45) is 1.19. The molecule has 2 heterocycles. The second-order valence-electron chi connectivity index (χ2n) is 5.78. The Kier molecular flexibility index (Phi) is 3.53. The average Bonchev–Trinajstić information content (AvgIpc) is 2.73. The summed E-state index contributed by atoms with van der Waals surface area (Å²) in [4.78, 5) is 14.3. The van der Waals surface area contributed by atoms with E-state index in [9.17, 15) is 4.79 Å². The van der Waals surface area contributed by atoms with Gasteiger partial charge in [0, 0.05) is 19.0 Å². The van der Waals surface area contributed by atoms with Crippen molar-refractivity contribution in [2.24, 2.45) is 23.7 Å². The van der Waals surface area contributed by atoms with Gasteiger partial charge in [-0.2, -0.15) is 0 Å². The van der Waals surface area contributed by atoms with Gasteiger partial charge in [0.15, 0.2) is 0 Å². The second-order valence-corrected chi connectivity index (χ2v) is 5.78. The molecular formula is C13H24N2O. The normalized spacial score (nSPS) is 31.6. The van der Waals surface area contributed by atoms with Gasteiger partial charge in [0.2, 0.25) is 5.91 Å². The zero-order chi connectivity index (χ0) is 11.7. The van der Waals surface area contributed by atoms with Gasteiger partial charge >= 0.3 is 0 Å². The van der Waals surface area contributed by atoms with Crippen LogP contribution < -0.4 is 5.32 Å². The molecule has 1 N–H and O–H groups in total. The highest BCUT2D eigenvalue weighted by molar-refractivity contribution is 5.78. The number of hydrogen-bond acceptors (Lipinski definition) is 2. The minimum atomic E-state index is 0.172. The van der Waals surface area contributed by atoms with Crippen LogP contribution in [0.25, 0.3) is 0 Å². The van der Waals surface area contributed by atoms with Crippen molar-refractivity contribution in [1.82, 2.24) is 10.2 Å². The second kappa shape index (κ2) is 4.74. The van der Waals surface area contributed by atoms with E-state index in [2.05, 4.69) is 31.0 Å². The van der Waals surface area contributed by atoms with E-state index in [-0.39, 0.29) is 5.92 Å². The molecule has 92 valence electrons. The number of hydrogen-bond donors (Lipinski definition) is 1. The molecule has 3 nitrogen and oxygen atoms in total. The number of likely N-dealkylation sites (tertiary alicyclic amines) is 1. The highest BCUT2D eigenvalue weighted by Gasteiger charge is 2.35. The van der Waals surface area contributed by atoms with Crippen molar-refractivity contribution in [1.29, 1.82) is 0 Å². The summed E-state index contributed by atoms with van der Waals surface area (Å²) in [5.74, 6) is 2.51. The average molecular weight is 224 g/mol. The Bertz CT molecular complexity index is 265. The third-order valence-electron chi connectivity index (χ3n) is 4.41. The van der Waals surface area contributed by atoms with Gasteiger partial charge in [-0.25, -0.2) is 0 Å². The molecule has 3 heteroatoms. The highest BCUT2D eigenvalue weighted by atomic mass is 16.2. The molecule has 1 amide bonds. The van der Waals surface area contributed by atoms with Gasteiger partial charge < -0.3 is 10.2 Å². The van der Waals surface area contributed by atoms with Gasteiger partial charge in [0.1, 0.15) is 0 Å². The first-order valence-corrected chi connectivity index (χ1v) is 6.59. The molecular weight excluding hydrogens is 200 g/mol. The number of piperidine rings is 1. The molecule has 0 aliphatic carbocycles. The lowest BCUT2D eigenvalue weighted by atomic mass is 9.87. The van der Waals surface area contributed by atoms with Gasteiger partial charge in [0.05, 0.1) is 0 Å². The SMILES string of the molecule is CC(C)C(C)C(=O)N1CCC2CNCC2C1. The molecule has 0 spiro atoms. The number of nitrogens with zero attached hydrogens (tertiary/aromatic N) is 1. The van der Waals surface area contributed by atoms with Crippen LogP contribution in [0.5, 0.6) is 0 Å². The zero-order valence-electron chi connectivity index (χ0n) is 10.7. The number of carbonyl (C=O) groups is 1. The summed E-state index contributed by atoms with van der Waals surface area (Å²) >= 11 is 0. The fourth-order valence-electron chi connectivity index (χ4n) is 2.81. The van der Waals surface area contributed by atoms with Crippen molar-refractivity contribution in [3.05, 3.63) is 0 Å². The van der Waals surface area contributed by atoms with E-state index in [1.165, 1.54) is 6.42 Å². The monoisotopic (exact) mass is 224 g/mol. The molecule has 16 heavy (non-hydrogen) atoms. The first-order valence-electron chi connectivity index (χ1n) is 6.59. The van der Waals surface area contributed by atoms with Crippen LogP contribution in [0.15, 0.2) is 0 Å². The topological polar surface area (TPSA) is 32.3 Å². The molecule has 0 aromatic carbocycles. The van der Waals surface area contributed by atoms with Gasteiger partial charge in [-0.15, -0.1) is 0 Å². The third-order valence-corrected chi connectivity index (χ3v) is 4.41. The first-order chi connectivity index (χ1) is 7.59. The molecule has 2 saturated heterocycles. The third kappa shape index (κ3) is 2.24. The predicted molar refractivity (Wildman–Crippen MR) is 65.0 cm³/mol. The molecule has 0 bridgehead atoms. The Labute approximate surface area is 98.6 Å². The van der Waals surface area contributed by atoms with Gasteiger partial charge in [-0.05, 0) is 37.3 Å². The van der Waals surface area contributed by atoms with Crippen molar-refractivity contribution in [2.45, 2.75) is 27.2 Å². The summed E-state index contributed by atoms with van der Waals surface area (Å²) in [6.45, 7) is 10.5. The van der Waals surface area contributed by atoms with Gasteiger partial charge in [0.25, 0.3) is 0 Å². The Morgan fingerprint density at radius 3 is 2.62 bits per heavy atom. The Hall–Kier alpha value is -0.570. The van der Waals surface area contributed by atoms with Crippen LogP contribution in [-0.2, 0) is 4.79 Å². The van der Waals surface area contributed by atoms with Crippen LogP contribution in [0.2, 0.25) is 0 Å². The van der Waals surface area contributed by atoms with Gasteiger partial charge in [-0.1, -0.05) is 20.8 Å². The lowest BCUT2D eigenvalue weighted by Crippen LogP contribution is -2.46. The standard InChI is InChI=1S/C13H24N2O/c1-9(2)10(3)13(16)15-5-4-11-6-14-7-12(11)8-15/h9-12,14H,4-8H2,1-3H3. The maximum absolute atomic E-state index is 12.2. The van der Waals surface area contributed by atoms with E-state index >= 15 is 0 Å². The van der Waals surface area contributed by atoms with Crippen molar-refractivity contribution in [3.8, 4) is 0 Å². The van der Waals surface area contributed by atoms with E-state index in [4.69, 9.17) is 0 Å². The molecule has 3 unspecified atom stereocenters. The van der Waals surface area contributed by atoms with Crippen molar-refractivity contribution in [3.63, 3.8) is 0 Å². The Morgan fingerprint density at radius 2 is 1.94 bits per heavy atom. The summed E-state index contributed by atoms with van der Waals surface area (Å²) in [5, 5.41) is 3.44. The summed E-state index contributed by atoms with van der Waals surface area (Å²) < 4.78 is 0. The number of amides is 1. The molecule has 2 aliphatic rings. The molecule has 0 aromatic rings. The summed E-state index contributed by atoms with van der Waals surface area (Å²) in [6, 6.07) is 0. The fourth-order valence-corrected chi connectivity index (χ4v) is 2.81. The predicted octanol–water partition coefficient (Wildman–Crippen LogP) is 1.35. The van der Waals surface area contributed by atoms with Crippen LogP contribution in [0, 0.1) is 23.7 Å². The quantitative estimate of drug-likeness (QED) is 0.768. The Morgan fingerprint density at radius 1 is 1.25 bits per heavy atom. The molecule has 0 aromatic heterocycles. The molecule has 0 radical (unpaired) electrons. The largest absolute Gasteiger partial charge is 0.342 e. The van der Waals surface area contributed by atoms with E-state index < -0.39 is 0 Å². The number of fused-ring (bicyclic) bond motifs is 1. The zero-order valence-corrected chi connectivity index (χ0v) is 10.7. The maximum atomic E-state index is 12.2. The summed E-state index contributed by atoms with van der Waals surface area (Å²) in [5.41, 5.74) is 0. The Balaban J connectivity index is 1.93. The number of carbonyl (C=O) groups excluding carboxylic acids is 1. The molecule has 0 saturated carbocycles. The number of rotatable bonds is 2. The van der Waals surface area contributed by atoms with Crippen molar-refractivity contribution in [2.75, 3.05) is 26.2 Å². The minimum absolute atomic E-state index is 0.172. The van der Waals surface area contributed by atoms with Gasteiger partial charge in [-0.3, -0.25) is 4.79 Å². The van der Waals surface area contributed by atoms with Crippen LogP contribution >= 0.6 is 0 Å². The smallest absolute Gasteiger partial charge is 0.225 e. The molecule has 2 fully saturated rings. The van der Waals surface area contributed by atoms with E-state index in [0.717, 1.165) is 32.1 Å². The number of nitrogens with one attached hydrogen (secondary N) is 1. The first kappa shape index (κ1) is 11.9. The van der Waals surface area contributed by atoms with Crippen LogP contribution in [0.3, 0.4) is 0 Å². The maximum Gasteiger partial charge on any atom is 0.225 e. The van der Waals surface area contributed by atoms with Crippen LogP contribution in [0.4, 0.5) is 0 Å². The lowest BCUT2D eigenvalue weighted by Gasteiger charge is -2.36. The van der Waals surface area contributed by atoms with Crippen LogP contribution in [-0.4, -0.2) is 37.0 Å². The van der Waals surface area contributed by atoms with E-state index in [1.54, 1.807) is 0 Å². The lowest BCUT2D eigenvalue weighted by molar-refractivity contribution is -0.138. The molecule has 3 atom stereocenters. The van der Waals surface area contributed by atoms with E-state index in [0.29, 0.717) is 17.7 Å². The molecule has 2 aliphatic heterocycles. The van der Waals surface area contributed by atoms with Crippen molar-refractivity contribution < 1.29 is 4.79 Å². The molecule has 2 rings (SSSR count). The van der Waals surface area contributed by atoms with Crippen LogP contribution in [0.1, 0.15) is 27.2 Å². The highest BCUT2D eigenvalue weighted by Crippen LogP contribution is 2.28. The van der Waals surface area contributed by atoms with E-state index in [1.807, 2.05) is 0 Å². The fraction of sp³-hybridized carbons (Fsp3) is 0.923. The minimum Gasteiger partial charge on any atom is -0.342 e. The summed E-state index contributed by atoms with van der Waals surface area (Å²) in [7, 11) is 0.